The number of carboxylic acids is 1. The molecule has 0 radical (unpaired) electrons. The number of nitrogens with one attached hydrogen (secondary N) is 1. The van der Waals surface area contributed by atoms with Gasteiger partial charge in [0, 0.05) is 43.8 Å². The van der Waals surface area contributed by atoms with Crippen LogP contribution >= 0.6 is 0 Å². The minimum absolute atomic E-state index is 0.101. The highest BCUT2D eigenvalue weighted by Gasteiger charge is 2.41. The molecule has 40 heavy (non-hydrogen) atoms. The fraction of sp³-hybridized carbons (Fsp3) is 0.357. The number of carbonyl (C=O) groups is 3. The van der Waals surface area contributed by atoms with Gasteiger partial charge in [0.1, 0.15) is 0 Å². The van der Waals surface area contributed by atoms with E-state index in [4.69, 9.17) is 0 Å². The molecule has 1 saturated carbocycles. The molecule has 0 spiro atoms. The summed E-state index contributed by atoms with van der Waals surface area (Å²) >= 11 is 0. The van der Waals surface area contributed by atoms with Crippen LogP contribution < -0.4 is 10.2 Å². The number of para-hydroxylation sites is 1. The zero-order valence-corrected chi connectivity index (χ0v) is 21.5. The van der Waals surface area contributed by atoms with Gasteiger partial charge in [-0.1, -0.05) is 24.6 Å². The maximum Gasteiger partial charge on any atom is 0.435 e. The number of hydrogen-bond acceptors (Lipinski definition) is 5. The lowest BCUT2D eigenvalue weighted by atomic mass is 9.94. The molecule has 0 bridgehead atoms. The molecular weight excluding hydrogens is 527 g/mol. The lowest BCUT2D eigenvalue weighted by Gasteiger charge is -2.37. The summed E-state index contributed by atoms with van der Waals surface area (Å²) in [7, 11) is 0. The Balaban J connectivity index is 1.22. The molecule has 5 rings (SSSR count). The summed E-state index contributed by atoms with van der Waals surface area (Å²) in [4.78, 5) is 41.0. The van der Waals surface area contributed by atoms with Gasteiger partial charge in [0.2, 0.25) is 5.91 Å². The second-order valence-corrected chi connectivity index (χ2v) is 9.96. The first-order valence-electron chi connectivity index (χ1n) is 13.0. The van der Waals surface area contributed by atoms with Gasteiger partial charge in [-0.3, -0.25) is 14.4 Å². The Bertz CT molecular complexity index is 1380. The maximum absolute atomic E-state index is 13.6. The number of carbonyl (C=O) groups excluding carboxylic acids is 2. The molecule has 2 aromatic carbocycles. The summed E-state index contributed by atoms with van der Waals surface area (Å²) in [6, 6.07) is 14.9. The van der Waals surface area contributed by atoms with Gasteiger partial charge in [-0.15, -0.1) is 0 Å². The number of aliphatic carboxylic acids is 1. The van der Waals surface area contributed by atoms with Crippen LogP contribution in [-0.2, 0) is 15.8 Å². The molecule has 3 aromatic rings. The Labute approximate surface area is 228 Å². The van der Waals surface area contributed by atoms with E-state index >= 15 is 0 Å². The van der Waals surface area contributed by atoms with Crippen molar-refractivity contribution in [3.8, 4) is 5.69 Å². The highest BCUT2D eigenvalue weighted by molar-refractivity contribution is 6.05. The first-order chi connectivity index (χ1) is 19.1. The normalized spacial score (nSPS) is 19.5. The number of carboxylic acid groups (broad SMARTS) is 1. The third-order valence-corrected chi connectivity index (χ3v) is 7.48. The molecule has 1 aliphatic heterocycles. The molecule has 0 unspecified atom stereocenters. The summed E-state index contributed by atoms with van der Waals surface area (Å²) in [5.74, 6) is -3.03. The van der Waals surface area contributed by atoms with Gasteiger partial charge in [-0.25, -0.2) is 4.68 Å². The highest BCUT2D eigenvalue weighted by Crippen LogP contribution is 2.34. The second-order valence-electron chi connectivity index (χ2n) is 9.96. The molecule has 2 N–H and O–H groups in total. The van der Waals surface area contributed by atoms with E-state index in [0.29, 0.717) is 50.4 Å². The largest absolute Gasteiger partial charge is 0.481 e. The molecular formula is C28H28F3N5O4. The van der Waals surface area contributed by atoms with Crippen LogP contribution in [0.3, 0.4) is 0 Å². The number of rotatable bonds is 6. The number of anilines is 2. The lowest BCUT2D eigenvalue weighted by Crippen LogP contribution is -2.51. The van der Waals surface area contributed by atoms with E-state index in [0.717, 1.165) is 23.0 Å². The van der Waals surface area contributed by atoms with Crippen LogP contribution in [-0.4, -0.2) is 63.7 Å². The quantitative estimate of drug-likeness (QED) is 0.470. The summed E-state index contributed by atoms with van der Waals surface area (Å²) in [5.41, 5.74) is -0.312. The van der Waals surface area contributed by atoms with Crippen LogP contribution in [0.4, 0.5) is 24.5 Å². The minimum Gasteiger partial charge on any atom is -0.481 e. The molecule has 12 heteroatoms. The summed E-state index contributed by atoms with van der Waals surface area (Å²) in [6.07, 6.45) is -1.88. The van der Waals surface area contributed by atoms with E-state index < -0.39 is 41.1 Å². The third-order valence-electron chi connectivity index (χ3n) is 7.48. The molecule has 2 heterocycles. The average Bonchev–Trinajstić information content (AvgIpc) is 3.62. The maximum atomic E-state index is 13.6. The number of aromatic nitrogens is 2. The van der Waals surface area contributed by atoms with Crippen molar-refractivity contribution in [2.75, 3.05) is 36.4 Å². The Hall–Kier alpha value is -4.35. The van der Waals surface area contributed by atoms with E-state index in [2.05, 4.69) is 15.3 Å². The Morgan fingerprint density at radius 1 is 0.875 bits per heavy atom. The van der Waals surface area contributed by atoms with Crippen molar-refractivity contribution in [1.82, 2.24) is 14.7 Å². The standard InChI is InChI=1S/C28H28F3N5O4/c29-28(30,31)24-23(17-36(33-24)20-5-2-1-3-6-20)25(37)32-18-9-11-19(12-10-18)34-13-15-35(16-14-34)26(38)21-7-4-8-22(21)27(39)40/h1-3,5-6,9-12,17,21-22H,4,7-8,13-16H2,(H,32,37)(H,39,40)/t21-,22-/m0/s1. The summed E-state index contributed by atoms with van der Waals surface area (Å²) in [5, 5.41) is 15.5. The molecule has 2 amide bonds. The van der Waals surface area contributed by atoms with Crippen molar-refractivity contribution < 1.29 is 32.7 Å². The van der Waals surface area contributed by atoms with Gasteiger partial charge in [0.25, 0.3) is 5.91 Å². The molecule has 2 fully saturated rings. The van der Waals surface area contributed by atoms with Crippen LogP contribution in [0.5, 0.6) is 0 Å². The van der Waals surface area contributed by atoms with Crippen molar-refractivity contribution in [1.29, 1.82) is 0 Å². The highest BCUT2D eigenvalue weighted by atomic mass is 19.4. The van der Waals surface area contributed by atoms with E-state index in [1.807, 2.05) is 0 Å². The molecule has 1 aromatic heterocycles. The third kappa shape index (κ3) is 5.65. The molecule has 9 nitrogen and oxygen atoms in total. The van der Waals surface area contributed by atoms with Crippen LogP contribution in [0.1, 0.15) is 35.3 Å². The predicted octanol–water partition coefficient (Wildman–Crippen LogP) is 4.29. The molecule has 2 atom stereocenters. The fourth-order valence-corrected chi connectivity index (χ4v) is 5.39. The number of piperazine rings is 1. The topological polar surface area (TPSA) is 108 Å². The summed E-state index contributed by atoms with van der Waals surface area (Å²) < 4.78 is 42.0. The van der Waals surface area contributed by atoms with Crippen molar-refractivity contribution in [3.63, 3.8) is 0 Å². The van der Waals surface area contributed by atoms with Crippen LogP contribution in [0, 0.1) is 11.8 Å². The van der Waals surface area contributed by atoms with E-state index in [1.54, 1.807) is 59.5 Å². The molecule has 1 saturated heterocycles. The smallest absolute Gasteiger partial charge is 0.435 e. The van der Waals surface area contributed by atoms with Crippen LogP contribution in [0.25, 0.3) is 5.69 Å². The number of benzene rings is 2. The SMILES string of the molecule is O=C(Nc1ccc(N2CCN(C(=O)[C@H]3CCC[C@@H]3C(=O)O)CC2)cc1)c1cn(-c2ccccc2)nc1C(F)(F)F. The van der Waals surface area contributed by atoms with Gasteiger partial charge >= 0.3 is 12.1 Å². The Morgan fingerprint density at radius 2 is 1.52 bits per heavy atom. The average molecular weight is 556 g/mol. The number of halogens is 3. The van der Waals surface area contributed by atoms with Crippen molar-refractivity contribution in [2.45, 2.75) is 25.4 Å². The van der Waals surface area contributed by atoms with Crippen molar-refractivity contribution in [3.05, 3.63) is 72.1 Å². The first-order valence-corrected chi connectivity index (χ1v) is 13.0. The molecule has 2 aliphatic rings. The van der Waals surface area contributed by atoms with Gasteiger partial charge in [0.15, 0.2) is 5.69 Å². The van der Waals surface area contributed by atoms with E-state index in [-0.39, 0.29) is 5.91 Å². The Morgan fingerprint density at radius 3 is 2.15 bits per heavy atom. The van der Waals surface area contributed by atoms with Gasteiger partial charge < -0.3 is 20.2 Å². The number of nitrogens with zero attached hydrogens (tertiary/aromatic N) is 4. The summed E-state index contributed by atoms with van der Waals surface area (Å²) in [6.45, 7) is 2.03. The number of hydrogen-bond donors (Lipinski definition) is 2. The fourth-order valence-electron chi connectivity index (χ4n) is 5.39. The molecule has 210 valence electrons. The van der Waals surface area contributed by atoms with Crippen molar-refractivity contribution in [2.24, 2.45) is 11.8 Å². The lowest BCUT2D eigenvalue weighted by molar-refractivity contribution is -0.149. The first kappa shape index (κ1) is 27.2. The van der Waals surface area contributed by atoms with Crippen molar-refractivity contribution >= 4 is 29.2 Å². The predicted molar refractivity (Wildman–Crippen MR) is 140 cm³/mol. The van der Waals surface area contributed by atoms with Crippen LogP contribution in [0.15, 0.2) is 60.8 Å². The van der Waals surface area contributed by atoms with Crippen LogP contribution in [0.2, 0.25) is 0 Å². The molecule has 1 aliphatic carbocycles. The zero-order chi connectivity index (χ0) is 28.4. The van der Waals surface area contributed by atoms with Gasteiger partial charge in [0.05, 0.1) is 23.1 Å². The monoisotopic (exact) mass is 555 g/mol. The number of amides is 2. The van der Waals surface area contributed by atoms with E-state index in [1.165, 1.54) is 0 Å². The Kier molecular flexibility index (Phi) is 7.51. The number of alkyl halides is 3. The minimum atomic E-state index is -4.81. The zero-order valence-electron chi connectivity index (χ0n) is 21.5. The van der Waals surface area contributed by atoms with Gasteiger partial charge in [-0.05, 0) is 49.2 Å². The second kappa shape index (κ2) is 11.0. The van der Waals surface area contributed by atoms with Gasteiger partial charge in [-0.2, -0.15) is 18.3 Å². The van der Waals surface area contributed by atoms with E-state index in [9.17, 15) is 32.7 Å².